The molecule has 1 aromatic carbocycles. The number of nitrogens with zero attached hydrogens (tertiary/aromatic N) is 2. The van der Waals surface area contributed by atoms with Gasteiger partial charge >= 0.3 is 0 Å². The van der Waals surface area contributed by atoms with Crippen LogP contribution in [0, 0.1) is 11.8 Å². The number of aromatic nitrogens is 1. The van der Waals surface area contributed by atoms with E-state index in [9.17, 15) is 4.79 Å². The molecular formula is C15H15N3O2. The van der Waals surface area contributed by atoms with Crippen LogP contribution in [0.3, 0.4) is 0 Å². The number of nitrogens with two attached hydrogens (primary N) is 1. The Morgan fingerprint density at radius 1 is 1.40 bits per heavy atom. The second-order valence-electron chi connectivity index (χ2n) is 4.21. The van der Waals surface area contributed by atoms with Crippen molar-refractivity contribution < 1.29 is 9.32 Å². The van der Waals surface area contributed by atoms with Crippen molar-refractivity contribution >= 4 is 5.91 Å². The molecule has 2 N–H and O–H groups in total. The molecule has 0 unspecified atom stereocenters. The van der Waals surface area contributed by atoms with Gasteiger partial charge in [-0.15, -0.1) is 0 Å². The molecule has 2 aromatic rings. The summed E-state index contributed by atoms with van der Waals surface area (Å²) in [6, 6.07) is 9.21. The molecule has 20 heavy (non-hydrogen) atoms. The lowest BCUT2D eigenvalue weighted by Gasteiger charge is -2.16. The fraction of sp³-hybridized carbons (Fsp3) is 0.200. The van der Waals surface area contributed by atoms with E-state index in [0.29, 0.717) is 13.1 Å². The minimum Gasteiger partial charge on any atom is -0.364 e. The third kappa shape index (κ3) is 3.25. The molecule has 1 aromatic heterocycles. The smallest absolute Gasteiger partial charge is 0.276 e. The predicted molar refractivity (Wildman–Crippen MR) is 74.7 cm³/mol. The summed E-state index contributed by atoms with van der Waals surface area (Å²) in [6.07, 6.45) is 1.38. The first-order valence-electron chi connectivity index (χ1n) is 6.15. The molecule has 5 heteroatoms. The average Bonchev–Trinajstić information content (AvgIpc) is 2.99. The lowest BCUT2D eigenvalue weighted by atomic mass is 10.1. The Bertz CT molecular complexity index is 639. The number of rotatable bonds is 3. The zero-order valence-corrected chi connectivity index (χ0v) is 11.2. The standard InChI is InChI=1S/C15H15N3O2/c1-18(15(19)14-8-10-20-17-14)11-13-6-3-2-5-12(13)7-4-9-16/h2-3,5-6,8,10H,9,11,16H2,1H3. The number of hydrogen-bond donors (Lipinski definition) is 1. The van der Waals surface area contributed by atoms with Crippen LogP contribution in [0.2, 0.25) is 0 Å². The molecule has 0 fully saturated rings. The summed E-state index contributed by atoms with van der Waals surface area (Å²) in [6.45, 7) is 0.753. The second-order valence-corrected chi connectivity index (χ2v) is 4.21. The third-order valence-electron chi connectivity index (χ3n) is 2.75. The molecule has 2 rings (SSSR count). The van der Waals surface area contributed by atoms with Crippen molar-refractivity contribution in [2.45, 2.75) is 6.54 Å². The lowest BCUT2D eigenvalue weighted by molar-refractivity contribution is 0.0774. The maximum absolute atomic E-state index is 12.1. The first-order chi connectivity index (χ1) is 9.72. The van der Waals surface area contributed by atoms with Gasteiger partial charge in [0.05, 0.1) is 6.54 Å². The van der Waals surface area contributed by atoms with Crippen molar-refractivity contribution in [2.24, 2.45) is 5.73 Å². The van der Waals surface area contributed by atoms with Crippen molar-refractivity contribution in [3.63, 3.8) is 0 Å². The summed E-state index contributed by atoms with van der Waals surface area (Å²) in [5.74, 6) is 5.63. The van der Waals surface area contributed by atoms with Gasteiger partial charge in [-0.25, -0.2) is 0 Å². The maximum Gasteiger partial charge on any atom is 0.276 e. The maximum atomic E-state index is 12.1. The van der Waals surface area contributed by atoms with Crippen molar-refractivity contribution in [3.8, 4) is 11.8 Å². The summed E-state index contributed by atoms with van der Waals surface area (Å²) in [5.41, 5.74) is 7.51. The minimum absolute atomic E-state index is 0.194. The summed E-state index contributed by atoms with van der Waals surface area (Å²) < 4.78 is 4.68. The summed E-state index contributed by atoms with van der Waals surface area (Å²) >= 11 is 0. The quantitative estimate of drug-likeness (QED) is 0.851. The molecule has 102 valence electrons. The Balaban J connectivity index is 2.15. The van der Waals surface area contributed by atoms with Crippen molar-refractivity contribution in [3.05, 3.63) is 53.4 Å². The SMILES string of the molecule is CN(Cc1ccccc1C#CCN)C(=O)c1ccon1. The van der Waals surface area contributed by atoms with E-state index in [4.69, 9.17) is 5.73 Å². The van der Waals surface area contributed by atoms with E-state index in [0.717, 1.165) is 11.1 Å². The number of benzene rings is 1. The van der Waals surface area contributed by atoms with Crippen LogP contribution in [0.25, 0.3) is 0 Å². The normalized spacial score (nSPS) is 9.70. The highest BCUT2D eigenvalue weighted by atomic mass is 16.5. The average molecular weight is 269 g/mol. The Kier molecular flexibility index (Phi) is 4.53. The van der Waals surface area contributed by atoms with Crippen LogP contribution in [-0.2, 0) is 6.54 Å². The predicted octanol–water partition coefficient (Wildman–Crippen LogP) is 1.26. The Hall–Kier alpha value is -2.58. The van der Waals surface area contributed by atoms with Crippen LogP contribution in [0.5, 0.6) is 0 Å². The summed E-state index contributed by atoms with van der Waals surface area (Å²) in [5, 5.41) is 3.64. The zero-order chi connectivity index (χ0) is 14.4. The van der Waals surface area contributed by atoms with Gasteiger partial charge < -0.3 is 15.2 Å². The van der Waals surface area contributed by atoms with Gasteiger partial charge in [0.1, 0.15) is 6.26 Å². The van der Waals surface area contributed by atoms with Crippen LogP contribution >= 0.6 is 0 Å². The molecule has 0 saturated carbocycles. The topological polar surface area (TPSA) is 72.4 Å². The van der Waals surface area contributed by atoms with Gasteiger partial charge in [0.15, 0.2) is 5.69 Å². The van der Waals surface area contributed by atoms with E-state index in [1.807, 2.05) is 24.3 Å². The van der Waals surface area contributed by atoms with Crippen molar-refractivity contribution in [1.29, 1.82) is 0 Å². The van der Waals surface area contributed by atoms with Crippen LogP contribution in [0.15, 0.2) is 41.1 Å². The van der Waals surface area contributed by atoms with Crippen LogP contribution in [0.1, 0.15) is 21.6 Å². The number of hydrogen-bond acceptors (Lipinski definition) is 4. The molecule has 1 heterocycles. The lowest BCUT2D eigenvalue weighted by Crippen LogP contribution is -2.26. The summed E-state index contributed by atoms with van der Waals surface area (Å²) in [4.78, 5) is 13.7. The number of carbonyl (C=O) groups excluding carboxylic acids is 1. The molecular weight excluding hydrogens is 254 g/mol. The largest absolute Gasteiger partial charge is 0.364 e. The number of amides is 1. The van der Waals surface area contributed by atoms with Gasteiger partial charge in [-0.05, 0) is 11.6 Å². The van der Waals surface area contributed by atoms with Gasteiger partial charge in [0.2, 0.25) is 0 Å². The highest BCUT2D eigenvalue weighted by Gasteiger charge is 2.15. The molecule has 0 aliphatic carbocycles. The highest BCUT2D eigenvalue weighted by Crippen LogP contribution is 2.11. The fourth-order valence-corrected chi connectivity index (χ4v) is 1.77. The summed E-state index contributed by atoms with van der Waals surface area (Å²) in [7, 11) is 1.71. The molecule has 0 atom stereocenters. The van der Waals surface area contributed by atoms with Gasteiger partial charge in [-0.2, -0.15) is 0 Å². The molecule has 0 bridgehead atoms. The van der Waals surface area contributed by atoms with Crippen LogP contribution < -0.4 is 5.73 Å². The van der Waals surface area contributed by atoms with Gasteiger partial charge in [0, 0.05) is 25.2 Å². The fourth-order valence-electron chi connectivity index (χ4n) is 1.77. The van der Waals surface area contributed by atoms with Gasteiger partial charge in [0.25, 0.3) is 5.91 Å². The molecule has 0 aliphatic heterocycles. The highest BCUT2D eigenvalue weighted by molar-refractivity contribution is 5.91. The first-order valence-corrected chi connectivity index (χ1v) is 6.15. The molecule has 5 nitrogen and oxygen atoms in total. The monoisotopic (exact) mass is 269 g/mol. The van der Waals surface area contributed by atoms with Crippen LogP contribution in [0.4, 0.5) is 0 Å². The number of carbonyl (C=O) groups is 1. The second kappa shape index (κ2) is 6.55. The molecule has 0 radical (unpaired) electrons. The first kappa shape index (κ1) is 13.8. The Morgan fingerprint density at radius 3 is 2.90 bits per heavy atom. The molecule has 0 aliphatic rings. The van der Waals surface area contributed by atoms with Crippen molar-refractivity contribution in [1.82, 2.24) is 10.1 Å². The third-order valence-corrected chi connectivity index (χ3v) is 2.75. The molecule has 0 saturated heterocycles. The molecule has 1 amide bonds. The Morgan fingerprint density at radius 2 is 2.20 bits per heavy atom. The van der Waals surface area contributed by atoms with E-state index in [1.54, 1.807) is 18.0 Å². The van der Waals surface area contributed by atoms with E-state index in [1.165, 1.54) is 6.26 Å². The van der Waals surface area contributed by atoms with E-state index >= 15 is 0 Å². The van der Waals surface area contributed by atoms with E-state index in [2.05, 4.69) is 21.5 Å². The van der Waals surface area contributed by atoms with E-state index in [-0.39, 0.29) is 11.6 Å². The molecule has 0 spiro atoms. The van der Waals surface area contributed by atoms with Gasteiger partial charge in [-0.3, -0.25) is 4.79 Å². The van der Waals surface area contributed by atoms with Crippen molar-refractivity contribution in [2.75, 3.05) is 13.6 Å². The Labute approximate surface area is 117 Å². The minimum atomic E-state index is -0.194. The van der Waals surface area contributed by atoms with E-state index < -0.39 is 0 Å². The van der Waals surface area contributed by atoms with Crippen LogP contribution in [-0.4, -0.2) is 29.6 Å². The zero-order valence-electron chi connectivity index (χ0n) is 11.2. The van der Waals surface area contributed by atoms with Gasteiger partial charge in [-0.1, -0.05) is 35.2 Å².